The number of nitrogens with one attached hydrogen (secondary N) is 1. The molecule has 3 rings (SSSR count). The number of amides is 1. The number of ether oxygens (including phenoxy) is 2. The molecule has 3 aromatic rings. The van der Waals surface area contributed by atoms with E-state index in [1.54, 1.807) is 26.1 Å². The summed E-state index contributed by atoms with van der Waals surface area (Å²) in [5, 5.41) is 18.7. The van der Waals surface area contributed by atoms with Gasteiger partial charge in [-0.25, -0.2) is 4.39 Å². The average Bonchev–Trinajstić information content (AvgIpc) is 3.27. The normalized spacial score (nSPS) is 10.7. The van der Waals surface area contributed by atoms with Crippen molar-refractivity contribution in [3.63, 3.8) is 0 Å². The summed E-state index contributed by atoms with van der Waals surface area (Å²) in [6.07, 6.45) is 1.22. The molecular formula is C23H25FN4O5. The molecule has 2 aromatic carbocycles. The van der Waals surface area contributed by atoms with Crippen LogP contribution in [0, 0.1) is 15.9 Å². The van der Waals surface area contributed by atoms with Crippen LogP contribution in [0.25, 0.3) is 11.3 Å². The topological polar surface area (TPSA) is 111 Å². The van der Waals surface area contributed by atoms with Crippen molar-refractivity contribution in [1.82, 2.24) is 15.1 Å². The van der Waals surface area contributed by atoms with Crippen molar-refractivity contribution in [2.24, 2.45) is 0 Å². The summed E-state index contributed by atoms with van der Waals surface area (Å²) in [6.45, 7) is 2.46. The third kappa shape index (κ3) is 5.65. The fourth-order valence-corrected chi connectivity index (χ4v) is 3.37. The quantitative estimate of drug-likeness (QED) is 0.361. The summed E-state index contributed by atoms with van der Waals surface area (Å²) in [7, 11) is 2.97. The van der Waals surface area contributed by atoms with Gasteiger partial charge in [0.15, 0.2) is 11.5 Å². The minimum Gasteiger partial charge on any atom is -0.493 e. The maximum Gasteiger partial charge on any atom is 0.286 e. The van der Waals surface area contributed by atoms with Crippen molar-refractivity contribution in [3.8, 4) is 22.8 Å². The smallest absolute Gasteiger partial charge is 0.286 e. The Bertz CT molecular complexity index is 1130. The largest absolute Gasteiger partial charge is 0.493 e. The van der Waals surface area contributed by atoms with Crippen LogP contribution in [0.5, 0.6) is 11.5 Å². The highest BCUT2D eigenvalue weighted by molar-refractivity contribution is 5.99. The van der Waals surface area contributed by atoms with Crippen molar-refractivity contribution in [3.05, 3.63) is 69.7 Å². The molecule has 0 saturated heterocycles. The van der Waals surface area contributed by atoms with Gasteiger partial charge >= 0.3 is 0 Å². The Morgan fingerprint density at radius 2 is 1.94 bits per heavy atom. The number of nitrogens with zero attached hydrogens (tertiary/aromatic N) is 3. The Morgan fingerprint density at radius 1 is 1.21 bits per heavy atom. The molecule has 1 amide bonds. The standard InChI is InChI=1S/C23H25FN4O5/c1-4-33-22-13-18(20(28(30)31)14-21(22)32-3)23(29)27(2)11-5-6-17-12-19(26-25-17)15-7-9-16(24)10-8-15/h7-10,12-14H,4-6,11H2,1-3H3,(H,25,26). The molecule has 0 aliphatic rings. The van der Waals surface area contributed by atoms with Crippen LogP contribution in [0.2, 0.25) is 0 Å². The lowest BCUT2D eigenvalue weighted by atomic mass is 10.1. The number of hydrogen-bond donors (Lipinski definition) is 1. The number of nitro groups is 1. The van der Waals surface area contributed by atoms with Crippen molar-refractivity contribution in [1.29, 1.82) is 0 Å². The molecule has 0 atom stereocenters. The monoisotopic (exact) mass is 456 g/mol. The Kier molecular flexibility index (Phi) is 7.60. The summed E-state index contributed by atoms with van der Waals surface area (Å²) in [4.78, 5) is 25.3. The Hall–Kier alpha value is -3.95. The van der Waals surface area contributed by atoms with E-state index in [4.69, 9.17) is 9.47 Å². The minimum absolute atomic E-state index is 0.0631. The van der Waals surface area contributed by atoms with Crippen LogP contribution in [0.15, 0.2) is 42.5 Å². The van der Waals surface area contributed by atoms with Crippen LogP contribution in [0.4, 0.5) is 10.1 Å². The first-order chi connectivity index (χ1) is 15.8. The van der Waals surface area contributed by atoms with E-state index in [1.807, 2.05) is 6.07 Å². The molecule has 9 nitrogen and oxygen atoms in total. The third-order valence-corrected chi connectivity index (χ3v) is 5.07. The molecule has 1 N–H and O–H groups in total. The third-order valence-electron chi connectivity index (χ3n) is 5.07. The highest BCUT2D eigenvalue weighted by Gasteiger charge is 2.26. The second kappa shape index (κ2) is 10.6. The molecule has 10 heteroatoms. The van der Waals surface area contributed by atoms with Crippen molar-refractivity contribution < 1.29 is 23.6 Å². The number of aromatic amines is 1. The van der Waals surface area contributed by atoms with Crippen molar-refractivity contribution in [2.75, 3.05) is 27.3 Å². The summed E-state index contributed by atoms with van der Waals surface area (Å²) in [5.74, 6) is -0.332. The number of halogens is 1. The fourth-order valence-electron chi connectivity index (χ4n) is 3.37. The molecule has 0 spiro atoms. The summed E-state index contributed by atoms with van der Waals surface area (Å²) < 4.78 is 23.7. The molecular weight excluding hydrogens is 431 g/mol. The van der Waals surface area contributed by atoms with Gasteiger partial charge in [0.05, 0.1) is 30.4 Å². The van der Waals surface area contributed by atoms with E-state index in [0.29, 0.717) is 31.7 Å². The summed E-state index contributed by atoms with van der Waals surface area (Å²) >= 11 is 0. The summed E-state index contributed by atoms with van der Waals surface area (Å²) in [5.41, 5.74) is 1.95. The predicted molar refractivity (Wildman–Crippen MR) is 120 cm³/mol. The fraction of sp³-hybridized carbons (Fsp3) is 0.304. The van der Waals surface area contributed by atoms with Gasteiger partial charge in [-0.05, 0) is 50.1 Å². The molecule has 0 fully saturated rings. The highest BCUT2D eigenvalue weighted by Crippen LogP contribution is 2.35. The van der Waals surface area contributed by atoms with Gasteiger partial charge in [-0.15, -0.1) is 0 Å². The number of aromatic nitrogens is 2. The molecule has 0 aliphatic heterocycles. The van der Waals surface area contributed by atoms with E-state index in [-0.39, 0.29) is 28.6 Å². The lowest BCUT2D eigenvalue weighted by Crippen LogP contribution is -2.28. The Balaban J connectivity index is 1.67. The van der Waals surface area contributed by atoms with Crippen LogP contribution in [0.1, 0.15) is 29.4 Å². The second-order valence-electron chi connectivity index (χ2n) is 7.33. The number of carbonyl (C=O) groups excluding carboxylic acids is 1. The molecule has 1 heterocycles. The molecule has 0 radical (unpaired) electrons. The maximum atomic E-state index is 13.1. The van der Waals surface area contributed by atoms with Crippen LogP contribution in [-0.4, -0.2) is 53.2 Å². The van der Waals surface area contributed by atoms with Gasteiger partial charge in [0.1, 0.15) is 11.4 Å². The number of aryl methyl sites for hydroxylation is 1. The number of benzene rings is 2. The number of carbonyl (C=O) groups is 1. The molecule has 0 aliphatic carbocycles. The van der Waals surface area contributed by atoms with E-state index in [0.717, 1.165) is 11.3 Å². The van der Waals surface area contributed by atoms with Gasteiger partial charge < -0.3 is 14.4 Å². The number of hydrogen-bond acceptors (Lipinski definition) is 6. The maximum absolute atomic E-state index is 13.1. The SMILES string of the molecule is CCOc1cc(C(=O)N(C)CCCc2cc(-c3ccc(F)cc3)n[nH]2)c([N+](=O)[O-])cc1OC. The number of rotatable bonds is 10. The highest BCUT2D eigenvalue weighted by atomic mass is 19.1. The minimum atomic E-state index is -0.610. The summed E-state index contributed by atoms with van der Waals surface area (Å²) in [6, 6.07) is 10.5. The lowest BCUT2D eigenvalue weighted by molar-refractivity contribution is -0.385. The van der Waals surface area contributed by atoms with Gasteiger partial charge in [-0.1, -0.05) is 0 Å². The first kappa shape index (κ1) is 23.7. The van der Waals surface area contributed by atoms with Crippen molar-refractivity contribution in [2.45, 2.75) is 19.8 Å². The van der Waals surface area contributed by atoms with E-state index in [2.05, 4.69) is 10.2 Å². The van der Waals surface area contributed by atoms with E-state index >= 15 is 0 Å². The van der Waals surface area contributed by atoms with Crippen LogP contribution in [-0.2, 0) is 6.42 Å². The van der Waals surface area contributed by atoms with E-state index in [1.165, 1.54) is 36.3 Å². The van der Waals surface area contributed by atoms with E-state index < -0.39 is 10.8 Å². The number of nitro benzene ring substituents is 1. The molecule has 0 unspecified atom stereocenters. The van der Waals surface area contributed by atoms with Crippen LogP contribution in [0.3, 0.4) is 0 Å². The Morgan fingerprint density at radius 3 is 2.58 bits per heavy atom. The second-order valence-corrected chi connectivity index (χ2v) is 7.33. The average molecular weight is 456 g/mol. The molecule has 0 saturated carbocycles. The van der Waals surface area contributed by atoms with Gasteiger partial charge in [-0.3, -0.25) is 20.0 Å². The molecule has 33 heavy (non-hydrogen) atoms. The molecule has 1 aromatic heterocycles. The van der Waals surface area contributed by atoms with Crippen LogP contribution < -0.4 is 9.47 Å². The van der Waals surface area contributed by atoms with Gasteiger partial charge in [0.2, 0.25) is 0 Å². The van der Waals surface area contributed by atoms with Gasteiger partial charge in [0.25, 0.3) is 11.6 Å². The molecule has 0 bridgehead atoms. The van der Waals surface area contributed by atoms with Gasteiger partial charge in [0, 0.05) is 30.9 Å². The van der Waals surface area contributed by atoms with Crippen molar-refractivity contribution >= 4 is 11.6 Å². The number of H-pyrrole nitrogens is 1. The zero-order valence-electron chi connectivity index (χ0n) is 18.6. The first-order valence-corrected chi connectivity index (χ1v) is 10.4. The van der Waals surface area contributed by atoms with E-state index in [9.17, 15) is 19.3 Å². The van der Waals surface area contributed by atoms with Gasteiger partial charge in [-0.2, -0.15) is 5.10 Å². The first-order valence-electron chi connectivity index (χ1n) is 10.4. The number of methoxy groups -OCH3 is 1. The zero-order chi connectivity index (χ0) is 24.0. The molecule has 174 valence electrons. The zero-order valence-corrected chi connectivity index (χ0v) is 18.6. The van der Waals surface area contributed by atoms with Crippen LogP contribution >= 0.6 is 0 Å². The predicted octanol–water partition coefficient (Wildman–Crippen LogP) is 4.24. The lowest BCUT2D eigenvalue weighted by Gasteiger charge is -2.18. The Labute approximate surface area is 190 Å².